The molecule has 0 spiro atoms. The number of rotatable bonds is 3. The molecule has 0 radical (unpaired) electrons. The summed E-state index contributed by atoms with van der Waals surface area (Å²) in [5.41, 5.74) is 8.33. The molecule has 1 atom stereocenters. The van der Waals surface area contributed by atoms with E-state index in [4.69, 9.17) is 15.2 Å². The highest BCUT2D eigenvalue weighted by Gasteiger charge is 2.20. The molecule has 2 N–H and O–H groups in total. The van der Waals surface area contributed by atoms with Crippen LogP contribution in [0.2, 0.25) is 0 Å². The normalized spacial score (nSPS) is 15.7. The lowest BCUT2D eigenvalue weighted by atomic mass is 9.98. The quantitative estimate of drug-likeness (QED) is 0.817. The van der Waals surface area contributed by atoms with Crippen LogP contribution in [0.4, 0.5) is 0 Å². The number of benzene rings is 1. The number of ether oxygens (including phenoxy) is 2. The average Bonchev–Trinajstić information content (AvgIpc) is 2.65. The van der Waals surface area contributed by atoms with Crippen LogP contribution in [0, 0.1) is 0 Å². The minimum atomic E-state index is 0.144. The van der Waals surface area contributed by atoms with Gasteiger partial charge in [0, 0.05) is 23.6 Å². The van der Waals surface area contributed by atoms with Crippen molar-refractivity contribution in [2.75, 3.05) is 13.7 Å². The predicted octanol–water partition coefficient (Wildman–Crippen LogP) is 1.52. The SMILES string of the molecule is COc1ccc2c(c1C[C@H](C)N)CCO2. The zero-order valence-corrected chi connectivity index (χ0v) is 9.25. The summed E-state index contributed by atoms with van der Waals surface area (Å²) in [5, 5.41) is 0. The monoisotopic (exact) mass is 207 g/mol. The van der Waals surface area contributed by atoms with Crippen molar-refractivity contribution < 1.29 is 9.47 Å². The molecule has 82 valence electrons. The Balaban J connectivity index is 2.42. The second-order valence-electron chi connectivity index (χ2n) is 4.00. The van der Waals surface area contributed by atoms with Crippen LogP contribution < -0.4 is 15.2 Å². The van der Waals surface area contributed by atoms with Crippen molar-refractivity contribution in [1.82, 2.24) is 0 Å². The third-order valence-corrected chi connectivity index (χ3v) is 2.70. The Morgan fingerprint density at radius 1 is 1.53 bits per heavy atom. The maximum atomic E-state index is 5.85. The average molecular weight is 207 g/mol. The molecular weight excluding hydrogens is 190 g/mol. The van der Waals surface area contributed by atoms with Gasteiger partial charge in [-0.2, -0.15) is 0 Å². The molecular formula is C12H17NO2. The van der Waals surface area contributed by atoms with Gasteiger partial charge in [0.25, 0.3) is 0 Å². The Morgan fingerprint density at radius 3 is 3.00 bits per heavy atom. The second-order valence-corrected chi connectivity index (χ2v) is 4.00. The lowest BCUT2D eigenvalue weighted by Crippen LogP contribution is -2.19. The largest absolute Gasteiger partial charge is 0.496 e. The first kappa shape index (κ1) is 10.3. The molecule has 0 amide bonds. The van der Waals surface area contributed by atoms with Gasteiger partial charge in [0.2, 0.25) is 0 Å². The fraction of sp³-hybridized carbons (Fsp3) is 0.500. The molecule has 1 aromatic rings. The van der Waals surface area contributed by atoms with E-state index >= 15 is 0 Å². The summed E-state index contributed by atoms with van der Waals surface area (Å²) in [4.78, 5) is 0. The Bertz CT molecular complexity index is 361. The zero-order valence-electron chi connectivity index (χ0n) is 9.25. The van der Waals surface area contributed by atoms with E-state index in [1.807, 2.05) is 19.1 Å². The molecule has 3 heteroatoms. The Kier molecular flexibility index (Phi) is 2.82. The lowest BCUT2D eigenvalue weighted by Gasteiger charge is -2.14. The van der Waals surface area contributed by atoms with E-state index in [1.165, 1.54) is 11.1 Å². The smallest absolute Gasteiger partial charge is 0.123 e. The van der Waals surface area contributed by atoms with Gasteiger partial charge in [-0.3, -0.25) is 0 Å². The van der Waals surface area contributed by atoms with E-state index in [1.54, 1.807) is 7.11 Å². The van der Waals surface area contributed by atoms with Crippen LogP contribution in [0.25, 0.3) is 0 Å². The van der Waals surface area contributed by atoms with Crippen LogP contribution in [0.1, 0.15) is 18.1 Å². The van der Waals surface area contributed by atoms with Gasteiger partial charge in [-0.25, -0.2) is 0 Å². The summed E-state index contributed by atoms with van der Waals surface area (Å²) in [5.74, 6) is 1.92. The highest BCUT2D eigenvalue weighted by Crippen LogP contribution is 2.34. The van der Waals surface area contributed by atoms with E-state index in [0.717, 1.165) is 30.9 Å². The summed E-state index contributed by atoms with van der Waals surface area (Å²) in [6, 6.07) is 4.08. The van der Waals surface area contributed by atoms with Crippen molar-refractivity contribution in [2.45, 2.75) is 25.8 Å². The predicted molar refractivity (Wildman–Crippen MR) is 59.5 cm³/mol. The molecule has 15 heavy (non-hydrogen) atoms. The van der Waals surface area contributed by atoms with Crippen LogP contribution in [0.15, 0.2) is 12.1 Å². The maximum absolute atomic E-state index is 5.85. The molecule has 0 fully saturated rings. The van der Waals surface area contributed by atoms with E-state index in [2.05, 4.69) is 0 Å². The standard InChI is InChI=1S/C12H17NO2/c1-8(13)7-10-9-5-6-15-12(9)4-3-11(10)14-2/h3-4,8H,5-7,13H2,1-2H3/t8-/m0/s1. The number of hydrogen-bond acceptors (Lipinski definition) is 3. The van der Waals surface area contributed by atoms with Crippen LogP contribution >= 0.6 is 0 Å². The minimum absolute atomic E-state index is 0.144. The van der Waals surface area contributed by atoms with Crippen molar-refractivity contribution in [2.24, 2.45) is 5.73 Å². The molecule has 1 aliphatic rings. The van der Waals surface area contributed by atoms with Crippen LogP contribution in [0.3, 0.4) is 0 Å². The highest BCUT2D eigenvalue weighted by atomic mass is 16.5. The van der Waals surface area contributed by atoms with Crippen LogP contribution in [-0.4, -0.2) is 19.8 Å². The molecule has 0 unspecified atom stereocenters. The van der Waals surface area contributed by atoms with Gasteiger partial charge in [0.1, 0.15) is 11.5 Å². The summed E-state index contributed by atoms with van der Waals surface area (Å²) in [6.45, 7) is 2.78. The number of fused-ring (bicyclic) bond motifs is 1. The second kappa shape index (κ2) is 4.11. The van der Waals surface area contributed by atoms with E-state index in [-0.39, 0.29) is 6.04 Å². The third-order valence-electron chi connectivity index (χ3n) is 2.70. The molecule has 1 heterocycles. The minimum Gasteiger partial charge on any atom is -0.496 e. The zero-order chi connectivity index (χ0) is 10.8. The molecule has 2 rings (SSSR count). The van der Waals surface area contributed by atoms with Gasteiger partial charge in [0.15, 0.2) is 0 Å². The summed E-state index contributed by atoms with van der Waals surface area (Å²) in [7, 11) is 1.70. The molecule has 1 aliphatic heterocycles. The highest BCUT2D eigenvalue weighted by molar-refractivity contribution is 5.50. The van der Waals surface area contributed by atoms with Gasteiger partial charge in [-0.05, 0) is 25.5 Å². The number of methoxy groups -OCH3 is 1. The molecule has 3 nitrogen and oxygen atoms in total. The van der Waals surface area contributed by atoms with Crippen molar-refractivity contribution in [3.05, 3.63) is 23.3 Å². The van der Waals surface area contributed by atoms with Crippen molar-refractivity contribution in [3.63, 3.8) is 0 Å². The van der Waals surface area contributed by atoms with Crippen molar-refractivity contribution in [1.29, 1.82) is 0 Å². The van der Waals surface area contributed by atoms with Gasteiger partial charge in [-0.15, -0.1) is 0 Å². The van der Waals surface area contributed by atoms with Crippen molar-refractivity contribution in [3.8, 4) is 11.5 Å². The van der Waals surface area contributed by atoms with Crippen LogP contribution in [-0.2, 0) is 12.8 Å². The summed E-state index contributed by atoms with van der Waals surface area (Å²) < 4.78 is 10.9. The Morgan fingerprint density at radius 2 is 2.33 bits per heavy atom. The first-order valence-corrected chi connectivity index (χ1v) is 5.29. The number of hydrogen-bond donors (Lipinski definition) is 1. The molecule has 0 aliphatic carbocycles. The fourth-order valence-corrected chi connectivity index (χ4v) is 2.06. The first-order chi connectivity index (χ1) is 7.22. The molecule has 0 saturated heterocycles. The molecule has 1 aromatic carbocycles. The molecule has 0 bridgehead atoms. The van der Waals surface area contributed by atoms with Crippen LogP contribution in [0.5, 0.6) is 11.5 Å². The van der Waals surface area contributed by atoms with E-state index in [9.17, 15) is 0 Å². The van der Waals surface area contributed by atoms with E-state index in [0.29, 0.717) is 0 Å². The van der Waals surface area contributed by atoms with Crippen molar-refractivity contribution >= 4 is 0 Å². The fourth-order valence-electron chi connectivity index (χ4n) is 2.06. The third kappa shape index (κ3) is 1.92. The number of nitrogens with two attached hydrogens (primary N) is 1. The summed E-state index contributed by atoms with van der Waals surface area (Å²) >= 11 is 0. The lowest BCUT2D eigenvalue weighted by molar-refractivity contribution is 0.356. The Hall–Kier alpha value is -1.22. The summed E-state index contributed by atoms with van der Waals surface area (Å²) in [6.07, 6.45) is 1.81. The topological polar surface area (TPSA) is 44.5 Å². The van der Waals surface area contributed by atoms with Gasteiger partial charge in [-0.1, -0.05) is 0 Å². The Labute approximate surface area is 90.2 Å². The van der Waals surface area contributed by atoms with Gasteiger partial charge < -0.3 is 15.2 Å². The van der Waals surface area contributed by atoms with E-state index < -0.39 is 0 Å². The van der Waals surface area contributed by atoms with Gasteiger partial charge in [0.05, 0.1) is 13.7 Å². The molecule has 0 aromatic heterocycles. The maximum Gasteiger partial charge on any atom is 0.123 e. The first-order valence-electron chi connectivity index (χ1n) is 5.29. The molecule has 0 saturated carbocycles. The van der Waals surface area contributed by atoms with Gasteiger partial charge >= 0.3 is 0 Å².